The van der Waals surface area contributed by atoms with Crippen LogP contribution in [0.3, 0.4) is 0 Å². The number of anilines is 1. The number of nitrogens with zero attached hydrogens (tertiary/aromatic N) is 3. The lowest BCUT2D eigenvalue weighted by Crippen LogP contribution is -2.47. The number of aromatic nitrogens is 2. The zero-order chi connectivity index (χ0) is 22.5. The largest absolute Gasteiger partial charge is 0.506 e. The van der Waals surface area contributed by atoms with Crippen molar-refractivity contribution in [2.75, 3.05) is 25.0 Å². The summed E-state index contributed by atoms with van der Waals surface area (Å²) in [5.41, 5.74) is 4.85. The van der Waals surface area contributed by atoms with Crippen molar-refractivity contribution in [3.8, 4) is 17.0 Å². The van der Waals surface area contributed by atoms with Gasteiger partial charge in [-0.25, -0.2) is 0 Å². The maximum absolute atomic E-state index is 11.0. The Bertz CT molecular complexity index is 1170. The van der Waals surface area contributed by atoms with Gasteiger partial charge in [0.2, 0.25) is 0 Å². The monoisotopic (exact) mass is 448 g/mol. The van der Waals surface area contributed by atoms with Crippen LogP contribution in [0.4, 0.5) is 5.82 Å². The minimum atomic E-state index is 0.175. The minimum absolute atomic E-state index is 0.175. The van der Waals surface area contributed by atoms with Gasteiger partial charge in [-0.15, -0.1) is 10.2 Å². The van der Waals surface area contributed by atoms with Crippen LogP contribution in [0, 0.1) is 0 Å². The number of aromatic hydroxyl groups is 1. The number of fused-ring (bicyclic) bond motifs is 3. The smallest absolute Gasteiger partial charge is 0.152 e. The number of phenols is 1. The molecule has 3 aliphatic carbocycles. The highest BCUT2D eigenvalue weighted by Gasteiger charge is 2.39. The van der Waals surface area contributed by atoms with E-state index in [1.807, 2.05) is 12.1 Å². The highest BCUT2D eigenvalue weighted by atomic mass is 16.3. The van der Waals surface area contributed by atoms with Crippen LogP contribution in [-0.4, -0.2) is 57.1 Å². The van der Waals surface area contributed by atoms with E-state index in [-0.39, 0.29) is 18.4 Å². The minimum Gasteiger partial charge on any atom is -0.506 e. The van der Waals surface area contributed by atoms with Crippen molar-refractivity contribution in [2.45, 2.75) is 69.4 Å². The summed E-state index contributed by atoms with van der Waals surface area (Å²) in [4.78, 5) is 2.36. The molecule has 174 valence electrons. The number of nitrogens with one attached hydrogen (secondary N) is 1. The lowest BCUT2D eigenvalue weighted by atomic mass is 9.66. The summed E-state index contributed by atoms with van der Waals surface area (Å²) in [5, 5.41) is 34.5. The van der Waals surface area contributed by atoms with Gasteiger partial charge in [0.1, 0.15) is 17.0 Å². The Kier molecular flexibility index (Phi) is 5.26. The van der Waals surface area contributed by atoms with Gasteiger partial charge in [0.05, 0.1) is 18.3 Å². The van der Waals surface area contributed by atoms with E-state index >= 15 is 0 Å². The first-order chi connectivity index (χ1) is 16.1. The third-order valence-corrected chi connectivity index (χ3v) is 8.14. The molecule has 3 aromatic rings. The number of aliphatic hydroxyl groups is 1. The van der Waals surface area contributed by atoms with Gasteiger partial charge in [0, 0.05) is 29.8 Å². The molecule has 3 N–H and O–H groups in total. The van der Waals surface area contributed by atoms with Crippen LogP contribution in [-0.2, 0) is 0 Å². The molecule has 0 amide bonds. The molecule has 1 unspecified atom stereocenters. The molecule has 2 aromatic heterocycles. The van der Waals surface area contributed by atoms with Crippen LogP contribution in [0.25, 0.3) is 22.2 Å². The summed E-state index contributed by atoms with van der Waals surface area (Å²) in [5.74, 6) is 2.11. The first-order valence-electron chi connectivity index (χ1n) is 12.4. The molecule has 1 aliphatic heterocycles. The molecule has 2 fully saturated rings. The number of benzene rings is 1. The van der Waals surface area contributed by atoms with Gasteiger partial charge in [0.15, 0.2) is 5.82 Å². The molecule has 2 atom stereocenters. The van der Waals surface area contributed by atoms with E-state index in [1.165, 1.54) is 36.8 Å². The molecule has 7 rings (SSSR count). The van der Waals surface area contributed by atoms with E-state index in [1.54, 1.807) is 12.3 Å². The van der Waals surface area contributed by atoms with Crippen molar-refractivity contribution in [1.82, 2.24) is 15.1 Å². The number of hydrogen-bond donors (Lipinski definition) is 3. The van der Waals surface area contributed by atoms with Gasteiger partial charge >= 0.3 is 0 Å². The molecule has 1 saturated heterocycles. The van der Waals surface area contributed by atoms with Gasteiger partial charge < -0.3 is 19.9 Å². The molecule has 2 bridgehead atoms. The van der Waals surface area contributed by atoms with E-state index in [4.69, 9.17) is 14.6 Å². The lowest BCUT2D eigenvalue weighted by molar-refractivity contribution is 0.110. The number of phenolic OH excluding ortho intramolecular Hbond substituents is 1. The Hall–Kier alpha value is -2.64. The highest BCUT2D eigenvalue weighted by molar-refractivity contribution is 5.92. The molecular weight excluding hydrogens is 416 g/mol. The Morgan fingerprint density at radius 3 is 2.67 bits per heavy atom. The Balaban J connectivity index is 1.40. The number of hydrogen-bond acceptors (Lipinski definition) is 7. The summed E-state index contributed by atoms with van der Waals surface area (Å²) >= 11 is 0. The normalized spacial score (nSPS) is 25.8. The predicted octanol–water partition coefficient (Wildman–Crippen LogP) is 4.61. The molecule has 1 aromatic carbocycles. The molecule has 4 aliphatic rings. The number of rotatable bonds is 5. The maximum Gasteiger partial charge on any atom is 0.152 e. The van der Waals surface area contributed by atoms with Crippen molar-refractivity contribution >= 4 is 16.8 Å². The molecule has 1 saturated carbocycles. The quantitative estimate of drug-likeness (QED) is 0.525. The molecule has 0 spiro atoms. The zero-order valence-electron chi connectivity index (χ0n) is 19.1. The number of furan rings is 1. The number of piperidine rings is 1. The fourth-order valence-electron chi connectivity index (χ4n) is 6.32. The fourth-order valence-corrected chi connectivity index (χ4v) is 6.32. The van der Waals surface area contributed by atoms with Gasteiger partial charge in [-0.1, -0.05) is 0 Å². The fraction of sp³-hybridized carbons (Fsp3) is 0.538. The molecule has 7 nitrogen and oxygen atoms in total. The Labute approximate surface area is 193 Å². The average molecular weight is 449 g/mol. The third-order valence-electron chi connectivity index (χ3n) is 8.14. The molecule has 3 heterocycles. The summed E-state index contributed by atoms with van der Waals surface area (Å²) in [6.07, 6.45) is 8.56. The van der Waals surface area contributed by atoms with Crippen LogP contribution >= 0.6 is 0 Å². The second-order valence-corrected chi connectivity index (χ2v) is 10.1. The predicted molar refractivity (Wildman–Crippen MR) is 128 cm³/mol. The van der Waals surface area contributed by atoms with Crippen molar-refractivity contribution < 1.29 is 14.6 Å². The third kappa shape index (κ3) is 3.49. The molecule has 0 radical (unpaired) electrons. The molecular formula is C26H32N4O3. The van der Waals surface area contributed by atoms with E-state index < -0.39 is 0 Å². The molecule has 7 heteroatoms. The Morgan fingerprint density at radius 1 is 1.09 bits per heavy atom. The second-order valence-electron chi connectivity index (χ2n) is 10.1. The van der Waals surface area contributed by atoms with Crippen molar-refractivity contribution in [3.05, 3.63) is 35.6 Å². The maximum atomic E-state index is 11.0. The van der Waals surface area contributed by atoms with Gasteiger partial charge in [-0.2, -0.15) is 0 Å². The zero-order valence-corrected chi connectivity index (χ0v) is 19.1. The van der Waals surface area contributed by atoms with Crippen LogP contribution in [0.2, 0.25) is 0 Å². The second kappa shape index (κ2) is 8.29. The van der Waals surface area contributed by atoms with Crippen molar-refractivity contribution in [1.29, 1.82) is 0 Å². The number of likely N-dealkylation sites (tertiary alicyclic amines) is 1. The van der Waals surface area contributed by atoms with Gasteiger partial charge in [-0.05, 0) is 87.6 Å². The number of aliphatic hydroxyl groups excluding tert-OH is 1. The van der Waals surface area contributed by atoms with E-state index in [2.05, 4.69) is 17.1 Å². The van der Waals surface area contributed by atoms with Crippen LogP contribution in [0.15, 0.2) is 28.9 Å². The standard InChI is InChI=1S/C26H32N4O3/c1-15(14-31)30-11-2-3-18(13-30)27-26-23-17-6-4-16(5-7-17)22(23)24(28-29-26)20-8-9-21-19(25(20)32)10-12-33-21/h8-10,12,15-18,31-32H,2-7,11,13-14H2,1H3,(H,27,29)/t15?,16?,17?,18-/m1/s1. The van der Waals surface area contributed by atoms with E-state index in [0.29, 0.717) is 28.8 Å². The van der Waals surface area contributed by atoms with Gasteiger partial charge in [0.25, 0.3) is 0 Å². The first-order valence-corrected chi connectivity index (χ1v) is 12.4. The Morgan fingerprint density at radius 2 is 1.88 bits per heavy atom. The topological polar surface area (TPSA) is 94.7 Å². The summed E-state index contributed by atoms with van der Waals surface area (Å²) < 4.78 is 5.46. The van der Waals surface area contributed by atoms with Gasteiger partial charge in [-0.3, -0.25) is 4.90 Å². The van der Waals surface area contributed by atoms with Crippen LogP contribution in [0.5, 0.6) is 5.75 Å². The van der Waals surface area contributed by atoms with Crippen molar-refractivity contribution in [2.24, 2.45) is 0 Å². The molecule has 33 heavy (non-hydrogen) atoms. The first kappa shape index (κ1) is 20.9. The van der Waals surface area contributed by atoms with E-state index in [0.717, 1.165) is 43.0 Å². The van der Waals surface area contributed by atoms with Crippen LogP contribution < -0.4 is 5.32 Å². The average Bonchev–Trinajstić information content (AvgIpc) is 3.35. The summed E-state index contributed by atoms with van der Waals surface area (Å²) in [6.45, 7) is 4.21. The van der Waals surface area contributed by atoms with Crippen molar-refractivity contribution in [3.63, 3.8) is 0 Å². The summed E-state index contributed by atoms with van der Waals surface area (Å²) in [7, 11) is 0. The van der Waals surface area contributed by atoms with Crippen LogP contribution in [0.1, 0.15) is 68.4 Å². The summed E-state index contributed by atoms with van der Waals surface area (Å²) in [6, 6.07) is 6.10. The lowest BCUT2D eigenvalue weighted by Gasteiger charge is -2.41. The van der Waals surface area contributed by atoms with E-state index in [9.17, 15) is 10.2 Å². The SMILES string of the molecule is CC(CO)N1CCC[C@@H](Nc2nnc(-c3ccc4occc4c3O)c3c2C2CCC3CC2)C1. The highest BCUT2D eigenvalue weighted by Crippen LogP contribution is 2.54.